The summed E-state index contributed by atoms with van der Waals surface area (Å²) in [6.45, 7) is 6.82. The van der Waals surface area contributed by atoms with Gasteiger partial charge in [0.2, 0.25) is 0 Å². The Morgan fingerprint density at radius 1 is 0.581 bits per heavy atom. The van der Waals surface area contributed by atoms with Crippen LogP contribution < -0.4 is 37.2 Å². The average Bonchev–Trinajstić information content (AvgIpc) is 2.94. The van der Waals surface area contributed by atoms with Gasteiger partial charge in [-0.25, -0.2) is 0 Å². The molecule has 0 heterocycles. The SMILES string of the molecule is CC1=C[C]([Ti+3])(C(c2ccccc2)(c2ccccc2)c2ccccc2)C(C)=C1C.[Cl-].[Cl-].[Cl-]. The van der Waals surface area contributed by atoms with Gasteiger partial charge in [0.25, 0.3) is 0 Å². The third-order valence-corrected chi connectivity index (χ3v) is 7.79. The minimum absolute atomic E-state index is 0. The number of halogens is 3. The van der Waals surface area contributed by atoms with Gasteiger partial charge in [-0.3, -0.25) is 0 Å². The Morgan fingerprint density at radius 3 is 1.16 bits per heavy atom. The molecule has 0 N–H and O–H groups in total. The Morgan fingerprint density at radius 2 is 0.903 bits per heavy atom. The first-order valence-corrected chi connectivity index (χ1v) is 10.6. The van der Waals surface area contributed by atoms with Crippen molar-refractivity contribution in [1.82, 2.24) is 0 Å². The molecular weight excluding hydrogens is 479 g/mol. The summed E-state index contributed by atoms with van der Waals surface area (Å²) in [5, 5.41) is 0. The molecule has 3 aromatic carbocycles. The molecule has 0 saturated heterocycles. The summed E-state index contributed by atoms with van der Waals surface area (Å²) >= 11 is 2.41. The van der Waals surface area contributed by atoms with Crippen molar-refractivity contribution in [3.8, 4) is 0 Å². The van der Waals surface area contributed by atoms with E-state index in [1.807, 2.05) is 0 Å². The molecular formula is C27H25Cl3Ti. The van der Waals surface area contributed by atoms with Crippen molar-refractivity contribution >= 4 is 0 Å². The summed E-state index contributed by atoms with van der Waals surface area (Å²) in [5.41, 5.74) is 7.91. The fraction of sp³-hybridized carbons (Fsp3) is 0.185. The smallest absolute Gasteiger partial charge is 1.00 e. The van der Waals surface area contributed by atoms with Gasteiger partial charge >= 0.3 is 181 Å². The summed E-state index contributed by atoms with van der Waals surface area (Å²) in [6, 6.07) is 33.0. The standard InChI is InChI=1S/C27H25.3ClH.Ti/c1-20-19-26(22(3)21(20)2)27(23-13-7-4-8-14-23,24-15-9-5-10-16-24)25-17-11-6-12-18-25;;;;/h4-19H,1-3H3;3*1H;/q;;;;+3/p-3. The van der Waals surface area contributed by atoms with E-state index < -0.39 is 0 Å². The van der Waals surface area contributed by atoms with E-state index in [0.717, 1.165) is 0 Å². The van der Waals surface area contributed by atoms with Crippen molar-refractivity contribution < 1.29 is 57.7 Å². The van der Waals surface area contributed by atoms with Crippen LogP contribution in [-0.2, 0) is 25.9 Å². The average molecular weight is 504 g/mol. The monoisotopic (exact) mass is 502 g/mol. The zero-order valence-corrected chi connectivity index (χ0v) is 21.7. The number of benzene rings is 3. The van der Waals surface area contributed by atoms with Gasteiger partial charge in [-0.05, 0) is 0 Å². The fourth-order valence-electron chi connectivity index (χ4n) is 4.77. The molecule has 1 unspecified atom stereocenters. The van der Waals surface area contributed by atoms with Gasteiger partial charge in [0.1, 0.15) is 0 Å². The second kappa shape index (κ2) is 11.0. The molecule has 4 heteroatoms. The van der Waals surface area contributed by atoms with Crippen LogP contribution in [0.2, 0.25) is 3.72 Å². The Kier molecular flexibility index (Phi) is 9.88. The van der Waals surface area contributed by atoms with E-state index in [9.17, 15) is 0 Å². The van der Waals surface area contributed by atoms with Gasteiger partial charge in [0.05, 0.1) is 0 Å². The molecule has 1 aliphatic carbocycles. The van der Waals surface area contributed by atoms with Crippen molar-refractivity contribution in [1.29, 1.82) is 0 Å². The number of allylic oxidation sites excluding steroid dienone is 4. The van der Waals surface area contributed by atoms with Crippen LogP contribution in [0.1, 0.15) is 37.5 Å². The predicted octanol–water partition coefficient (Wildman–Crippen LogP) is -1.97. The molecule has 0 nitrogen and oxygen atoms in total. The molecule has 1 atom stereocenters. The third-order valence-electron chi connectivity index (χ3n) is 6.39. The Labute approximate surface area is 216 Å². The number of hydrogen-bond acceptors (Lipinski definition) is 0. The van der Waals surface area contributed by atoms with Gasteiger partial charge in [-0.1, -0.05) is 0 Å². The molecule has 31 heavy (non-hydrogen) atoms. The molecule has 1 aliphatic rings. The molecule has 0 fully saturated rings. The number of hydrogen-bond donors (Lipinski definition) is 0. The Balaban J connectivity index is 0.00000160. The maximum Gasteiger partial charge on any atom is -1.00 e. The van der Waals surface area contributed by atoms with Crippen LogP contribution >= 0.6 is 0 Å². The predicted molar refractivity (Wildman–Crippen MR) is 114 cm³/mol. The zero-order valence-electron chi connectivity index (χ0n) is 17.9. The molecule has 0 bridgehead atoms. The van der Waals surface area contributed by atoms with Crippen LogP contribution in [0.5, 0.6) is 0 Å². The molecule has 158 valence electrons. The summed E-state index contributed by atoms with van der Waals surface area (Å²) in [6.07, 6.45) is 2.49. The second-order valence-electron chi connectivity index (χ2n) is 7.73. The summed E-state index contributed by atoms with van der Waals surface area (Å²) < 4.78 is -0.161. The van der Waals surface area contributed by atoms with E-state index in [4.69, 9.17) is 0 Å². The first-order chi connectivity index (χ1) is 13.5. The molecule has 3 aromatic rings. The molecule has 0 saturated carbocycles. The van der Waals surface area contributed by atoms with Crippen molar-refractivity contribution in [2.45, 2.75) is 29.9 Å². The topological polar surface area (TPSA) is 0 Å². The molecule has 0 amide bonds. The summed E-state index contributed by atoms with van der Waals surface area (Å²) in [4.78, 5) is 0. The largest absolute Gasteiger partial charge is 1.00 e. The Hall–Kier alpha value is -1.28. The van der Waals surface area contributed by atoms with Crippen molar-refractivity contribution in [3.05, 3.63) is 130 Å². The van der Waals surface area contributed by atoms with E-state index in [0.29, 0.717) is 0 Å². The molecule has 0 aromatic heterocycles. The maximum atomic E-state index is 2.49. The Bertz CT molecular complexity index is 947. The van der Waals surface area contributed by atoms with Crippen molar-refractivity contribution in [2.24, 2.45) is 0 Å². The van der Waals surface area contributed by atoms with Crippen LogP contribution in [0.3, 0.4) is 0 Å². The fourth-order valence-corrected chi connectivity index (χ4v) is 6.08. The van der Waals surface area contributed by atoms with Crippen LogP contribution in [0.4, 0.5) is 0 Å². The first-order valence-electron chi connectivity index (χ1n) is 9.81. The van der Waals surface area contributed by atoms with Gasteiger partial charge in [-0.2, -0.15) is 0 Å². The molecule has 4 rings (SSSR count). The minimum atomic E-state index is -0.306. The van der Waals surface area contributed by atoms with E-state index in [1.54, 1.807) is 0 Å². The van der Waals surface area contributed by atoms with Gasteiger partial charge in [0, 0.05) is 0 Å². The second-order valence-corrected chi connectivity index (χ2v) is 8.96. The van der Waals surface area contributed by atoms with Crippen molar-refractivity contribution in [3.63, 3.8) is 0 Å². The van der Waals surface area contributed by atoms with Gasteiger partial charge in [0.15, 0.2) is 0 Å². The number of rotatable bonds is 4. The molecule has 0 radical (unpaired) electrons. The van der Waals surface area contributed by atoms with Gasteiger partial charge in [-0.15, -0.1) is 0 Å². The normalized spacial score (nSPS) is 17.8. The first kappa shape index (κ1) is 27.8. The zero-order chi connectivity index (χ0) is 19.8. The van der Waals surface area contributed by atoms with E-state index >= 15 is 0 Å². The summed E-state index contributed by atoms with van der Waals surface area (Å²) in [7, 11) is 0. The molecule has 0 aliphatic heterocycles. The quantitative estimate of drug-likeness (QED) is 0.287. The van der Waals surface area contributed by atoms with Gasteiger partial charge < -0.3 is 37.2 Å². The third kappa shape index (κ3) is 4.34. The van der Waals surface area contributed by atoms with Crippen LogP contribution in [0.25, 0.3) is 0 Å². The van der Waals surface area contributed by atoms with E-state index in [2.05, 4.69) is 138 Å². The molecule has 0 spiro atoms. The summed E-state index contributed by atoms with van der Waals surface area (Å²) in [5.74, 6) is 0. The van der Waals surface area contributed by atoms with Crippen LogP contribution in [0, 0.1) is 0 Å². The van der Waals surface area contributed by atoms with Crippen LogP contribution in [0.15, 0.2) is 114 Å². The maximum absolute atomic E-state index is 2.49. The van der Waals surface area contributed by atoms with E-state index in [-0.39, 0.29) is 46.4 Å². The van der Waals surface area contributed by atoms with Crippen LogP contribution in [-0.4, -0.2) is 0 Å². The van der Waals surface area contributed by atoms with Crippen molar-refractivity contribution in [2.75, 3.05) is 0 Å². The minimum Gasteiger partial charge on any atom is -1.00 e. The van der Waals surface area contributed by atoms with E-state index in [1.165, 1.54) is 33.4 Å².